The summed E-state index contributed by atoms with van der Waals surface area (Å²) >= 11 is 0. The highest BCUT2D eigenvalue weighted by molar-refractivity contribution is 7.93. The Hall–Kier alpha value is -1.27. The number of nitrogens with one attached hydrogen (secondary N) is 2. The Labute approximate surface area is 108 Å². The van der Waals surface area contributed by atoms with Gasteiger partial charge >= 0.3 is 0 Å². The summed E-state index contributed by atoms with van der Waals surface area (Å²) < 4.78 is 26.8. The Bertz CT molecular complexity index is 491. The molecule has 0 radical (unpaired) electrons. The van der Waals surface area contributed by atoms with Gasteiger partial charge in [0.05, 0.1) is 5.25 Å². The van der Waals surface area contributed by atoms with E-state index in [-0.39, 0.29) is 5.25 Å². The van der Waals surface area contributed by atoms with Crippen LogP contribution in [0.5, 0.6) is 0 Å². The summed E-state index contributed by atoms with van der Waals surface area (Å²) in [5, 5.41) is 2.73. The van der Waals surface area contributed by atoms with E-state index in [0.717, 1.165) is 12.2 Å². The average Bonchev–Trinajstić information content (AvgIpc) is 2.83. The first-order valence-corrected chi connectivity index (χ1v) is 7.53. The third-order valence-corrected chi connectivity index (χ3v) is 4.90. The van der Waals surface area contributed by atoms with Crippen LogP contribution in [0.2, 0.25) is 0 Å². The zero-order valence-electron chi connectivity index (χ0n) is 10.7. The molecule has 0 amide bonds. The highest BCUT2D eigenvalue weighted by atomic mass is 32.2. The van der Waals surface area contributed by atoms with Crippen molar-refractivity contribution in [2.75, 3.05) is 36.8 Å². The molecule has 2 rings (SSSR count). The highest BCUT2D eigenvalue weighted by Crippen LogP contribution is 2.19. The number of hydrogen-bond acceptors (Lipinski definition) is 4. The minimum Gasteiger partial charge on any atom is -0.378 e. The topological polar surface area (TPSA) is 61.4 Å². The monoisotopic (exact) mass is 269 g/mol. The van der Waals surface area contributed by atoms with Gasteiger partial charge in [-0.15, -0.1) is 0 Å². The molecule has 0 spiro atoms. The van der Waals surface area contributed by atoms with Crippen LogP contribution in [0.4, 0.5) is 11.4 Å². The van der Waals surface area contributed by atoms with Crippen LogP contribution >= 0.6 is 0 Å². The molecule has 1 aliphatic rings. The van der Waals surface area contributed by atoms with Gasteiger partial charge in [-0.25, -0.2) is 8.42 Å². The Morgan fingerprint density at radius 3 is 2.44 bits per heavy atom. The lowest BCUT2D eigenvalue weighted by atomic mass is 10.3. The summed E-state index contributed by atoms with van der Waals surface area (Å²) in [6, 6.07) is 7.36. The van der Waals surface area contributed by atoms with Crippen molar-refractivity contribution in [3.05, 3.63) is 24.3 Å². The van der Waals surface area contributed by atoms with Crippen LogP contribution in [0.1, 0.15) is 6.42 Å². The van der Waals surface area contributed by atoms with E-state index in [9.17, 15) is 8.42 Å². The van der Waals surface area contributed by atoms with E-state index in [2.05, 4.69) is 10.0 Å². The van der Waals surface area contributed by atoms with Crippen LogP contribution in [0, 0.1) is 0 Å². The van der Waals surface area contributed by atoms with Gasteiger partial charge in [0.25, 0.3) is 0 Å². The molecule has 0 aromatic heterocycles. The summed E-state index contributed by atoms with van der Waals surface area (Å²) in [5.41, 5.74) is 1.66. The molecule has 0 bridgehead atoms. The molecule has 18 heavy (non-hydrogen) atoms. The Balaban J connectivity index is 2.09. The van der Waals surface area contributed by atoms with Crippen molar-refractivity contribution < 1.29 is 8.42 Å². The standard InChI is InChI=1S/C12H19N3O2S/c1-15(2)11-5-3-10(4-6-11)14-18(16,17)12-7-8-13-9-12/h3-6,12-14H,7-9H2,1-2H3. The van der Waals surface area contributed by atoms with Crippen LogP contribution < -0.4 is 14.9 Å². The minimum absolute atomic E-state index is 0.328. The summed E-state index contributed by atoms with van der Waals surface area (Å²) in [6.07, 6.45) is 0.672. The van der Waals surface area contributed by atoms with Gasteiger partial charge in [0, 0.05) is 32.0 Å². The molecule has 1 unspecified atom stereocenters. The molecule has 0 saturated carbocycles. The van der Waals surface area contributed by atoms with Crippen LogP contribution in [0.25, 0.3) is 0 Å². The van der Waals surface area contributed by atoms with Crippen molar-refractivity contribution in [2.24, 2.45) is 0 Å². The lowest BCUT2D eigenvalue weighted by Crippen LogP contribution is -2.29. The van der Waals surface area contributed by atoms with Gasteiger partial charge in [-0.3, -0.25) is 4.72 Å². The molecule has 1 aromatic carbocycles. The molecule has 1 atom stereocenters. The molecule has 1 heterocycles. The van der Waals surface area contributed by atoms with E-state index in [4.69, 9.17) is 0 Å². The quantitative estimate of drug-likeness (QED) is 0.851. The molecule has 5 nitrogen and oxygen atoms in total. The van der Waals surface area contributed by atoms with E-state index in [1.807, 2.05) is 31.1 Å². The summed E-state index contributed by atoms with van der Waals surface area (Å²) in [4.78, 5) is 1.97. The second kappa shape index (κ2) is 5.16. The Morgan fingerprint density at radius 2 is 1.94 bits per heavy atom. The molecule has 1 saturated heterocycles. The molecular weight excluding hydrogens is 250 g/mol. The third-order valence-electron chi connectivity index (χ3n) is 3.10. The third kappa shape index (κ3) is 2.94. The fraction of sp³-hybridized carbons (Fsp3) is 0.500. The minimum atomic E-state index is -3.27. The number of sulfonamides is 1. The Morgan fingerprint density at radius 1 is 1.28 bits per heavy atom. The molecular formula is C12H19N3O2S. The van der Waals surface area contributed by atoms with Gasteiger partial charge in [0.2, 0.25) is 10.0 Å². The van der Waals surface area contributed by atoms with Gasteiger partial charge in [-0.05, 0) is 37.2 Å². The molecule has 100 valence electrons. The summed E-state index contributed by atoms with van der Waals surface area (Å²) in [6.45, 7) is 1.30. The molecule has 2 N–H and O–H groups in total. The summed E-state index contributed by atoms with van der Waals surface area (Å²) in [5.74, 6) is 0. The molecule has 0 aliphatic carbocycles. The van der Waals surface area contributed by atoms with Crippen LogP contribution in [-0.4, -0.2) is 40.9 Å². The second-order valence-corrected chi connectivity index (χ2v) is 6.66. The van der Waals surface area contributed by atoms with E-state index in [0.29, 0.717) is 18.7 Å². The number of benzene rings is 1. The normalized spacial score (nSPS) is 19.8. The van der Waals surface area contributed by atoms with Gasteiger partial charge in [-0.1, -0.05) is 0 Å². The fourth-order valence-corrected chi connectivity index (χ4v) is 3.36. The molecule has 1 fully saturated rings. The number of hydrogen-bond donors (Lipinski definition) is 2. The van der Waals surface area contributed by atoms with Crippen LogP contribution in [-0.2, 0) is 10.0 Å². The van der Waals surface area contributed by atoms with Crippen LogP contribution in [0.3, 0.4) is 0 Å². The van der Waals surface area contributed by atoms with Gasteiger partial charge in [-0.2, -0.15) is 0 Å². The van der Waals surface area contributed by atoms with Crippen molar-refractivity contribution in [2.45, 2.75) is 11.7 Å². The number of rotatable bonds is 4. The second-order valence-electron chi connectivity index (χ2n) is 4.70. The van der Waals surface area contributed by atoms with Crippen molar-refractivity contribution in [3.8, 4) is 0 Å². The maximum absolute atomic E-state index is 12.1. The maximum atomic E-state index is 12.1. The predicted octanol–water partition coefficient (Wildman–Crippen LogP) is 0.856. The molecule has 6 heteroatoms. The SMILES string of the molecule is CN(C)c1ccc(NS(=O)(=O)C2CCNC2)cc1. The molecule has 1 aromatic rings. The number of nitrogens with zero attached hydrogens (tertiary/aromatic N) is 1. The van der Waals surface area contributed by atoms with Crippen molar-refractivity contribution >= 4 is 21.4 Å². The van der Waals surface area contributed by atoms with E-state index in [1.54, 1.807) is 12.1 Å². The molecule has 1 aliphatic heterocycles. The largest absolute Gasteiger partial charge is 0.378 e. The van der Waals surface area contributed by atoms with Crippen molar-refractivity contribution in [3.63, 3.8) is 0 Å². The lowest BCUT2D eigenvalue weighted by Gasteiger charge is -2.15. The highest BCUT2D eigenvalue weighted by Gasteiger charge is 2.28. The predicted molar refractivity (Wildman–Crippen MR) is 74.6 cm³/mol. The maximum Gasteiger partial charge on any atom is 0.236 e. The van der Waals surface area contributed by atoms with E-state index >= 15 is 0 Å². The van der Waals surface area contributed by atoms with Crippen LogP contribution in [0.15, 0.2) is 24.3 Å². The number of anilines is 2. The van der Waals surface area contributed by atoms with Gasteiger partial charge < -0.3 is 10.2 Å². The fourth-order valence-electron chi connectivity index (χ4n) is 1.97. The van der Waals surface area contributed by atoms with E-state index in [1.165, 1.54) is 0 Å². The average molecular weight is 269 g/mol. The van der Waals surface area contributed by atoms with Gasteiger partial charge in [0.1, 0.15) is 0 Å². The first-order valence-electron chi connectivity index (χ1n) is 5.99. The Kier molecular flexibility index (Phi) is 3.77. The smallest absolute Gasteiger partial charge is 0.236 e. The first-order chi connectivity index (χ1) is 8.49. The summed E-state index contributed by atoms with van der Waals surface area (Å²) in [7, 11) is 0.623. The van der Waals surface area contributed by atoms with Crippen molar-refractivity contribution in [1.29, 1.82) is 0 Å². The zero-order chi connectivity index (χ0) is 13.2. The first kappa shape index (κ1) is 13.2. The zero-order valence-corrected chi connectivity index (χ0v) is 11.5. The van der Waals surface area contributed by atoms with Crippen molar-refractivity contribution in [1.82, 2.24) is 5.32 Å². The lowest BCUT2D eigenvalue weighted by molar-refractivity contribution is 0.588. The van der Waals surface area contributed by atoms with E-state index < -0.39 is 10.0 Å². The van der Waals surface area contributed by atoms with Gasteiger partial charge in [0.15, 0.2) is 0 Å².